The summed E-state index contributed by atoms with van der Waals surface area (Å²) in [6.07, 6.45) is 3.62. The molecule has 1 aromatic carbocycles. The van der Waals surface area contributed by atoms with Gasteiger partial charge in [0.15, 0.2) is 5.78 Å². The minimum atomic E-state index is 0.108. The summed E-state index contributed by atoms with van der Waals surface area (Å²) in [5.41, 5.74) is 3.50. The van der Waals surface area contributed by atoms with Gasteiger partial charge in [0.05, 0.1) is 0 Å². The van der Waals surface area contributed by atoms with Crippen LogP contribution in [0, 0.1) is 0 Å². The summed E-state index contributed by atoms with van der Waals surface area (Å²) in [5.74, 6) is 0.108. The van der Waals surface area contributed by atoms with Gasteiger partial charge in [0.2, 0.25) is 0 Å². The zero-order valence-electron chi connectivity index (χ0n) is 11.3. The Morgan fingerprint density at radius 1 is 1.05 bits per heavy atom. The van der Waals surface area contributed by atoms with Crippen LogP contribution in [0.25, 0.3) is 0 Å². The van der Waals surface area contributed by atoms with Crippen LogP contribution in [0.1, 0.15) is 55.5 Å². The Bertz CT molecular complexity index is 572. The number of ketones is 1. The standard InChI is InChI=1S/C16H17ClOS/c1-3-5-11-12(6-4-2)16(19)13-8-7-10(17)9-14(13)15(11)18/h7-9H,3-6H2,1-2H3. The van der Waals surface area contributed by atoms with Gasteiger partial charge in [0, 0.05) is 26.6 Å². The molecule has 0 unspecified atom stereocenters. The maximum atomic E-state index is 12.6. The van der Waals surface area contributed by atoms with Crippen LogP contribution in [0.15, 0.2) is 29.3 Å². The van der Waals surface area contributed by atoms with Crippen LogP contribution in [-0.4, -0.2) is 10.6 Å². The summed E-state index contributed by atoms with van der Waals surface area (Å²) in [6.45, 7) is 4.20. The van der Waals surface area contributed by atoms with Gasteiger partial charge < -0.3 is 0 Å². The first-order valence-electron chi connectivity index (χ1n) is 6.71. The first-order valence-corrected chi connectivity index (χ1v) is 7.49. The number of hydrogen-bond donors (Lipinski definition) is 0. The highest BCUT2D eigenvalue weighted by atomic mass is 35.5. The largest absolute Gasteiger partial charge is 0.289 e. The molecule has 19 heavy (non-hydrogen) atoms. The summed E-state index contributed by atoms with van der Waals surface area (Å²) >= 11 is 11.6. The van der Waals surface area contributed by atoms with Crippen LogP contribution < -0.4 is 0 Å². The van der Waals surface area contributed by atoms with Gasteiger partial charge in [-0.2, -0.15) is 0 Å². The monoisotopic (exact) mass is 292 g/mol. The van der Waals surface area contributed by atoms with Crippen molar-refractivity contribution in [3.8, 4) is 0 Å². The van der Waals surface area contributed by atoms with Crippen molar-refractivity contribution in [2.75, 3.05) is 0 Å². The van der Waals surface area contributed by atoms with Crippen LogP contribution >= 0.6 is 23.8 Å². The van der Waals surface area contributed by atoms with E-state index >= 15 is 0 Å². The third kappa shape index (κ3) is 2.65. The van der Waals surface area contributed by atoms with Gasteiger partial charge >= 0.3 is 0 Å². The average molecular weight is 293 g/mol. The molecule has 3 heteroatoms. The predicted octanol–water partition coefficient (Wildman–Crippen LogP) is 5.15. The molecule has 0 atom stereocenters. The summed E-state index contributed by atoms with van der Waals surface area (Å²) in [7, 11) is 0. The lowest BCUT2D eigenvalue weighted by Gasteiger charge is -2.23. The van der Waals surface area contributed by atoms with E-state index in [2.05, 4.69) is 13.8 Å². The van der Waals surface area contributed by atoms with E-state index in [1.165, 1.54) is 0 Å². The minimum Gasteiger partial charge on any atom is -0.289 e. The second-order valence-electron chi connectivity index (χ2n) is 4.81. The summed E-state index contributed by atoms with van der Waals surface area (Å²) < 4.78 is 0. The number of rotatable bonds is 4. The van der Waals surface area contributed by atoms with Crippen LogP contribution in [-0.2, 0) is 0 Å². The van der Waals surface area contributed by atoms with Crippen molar-refractivity contribution < 1.29 is 4.79 Å². The molecular formula is C16H17ClOS. The fourth-order valence-corrected chi connectivity index (χ4v) is 3.11. The third-order valence-electron chi connectivity index (χ3n) is 3.38. The highest BCUT2D eigenvalue weighted by molar-refractivity contribution is 7.81. The lowest BCUT2D eigenvalue weighted by atomic mass is 9.81. The number of halogens is 1. The number of benzene rings is 1. The Morgan fingerprint density at radius 3 is 2.32 bits per heavy atom. The number of Topliss-reactive ketones (excluding diaryl/α,β-unsaturated/α-hetero) is 1. The van der Waals surface area contributed by atoms with E-state index in [0.29, 0.717) is 10.6 Å². The molecule has 0 aromatic heterocycles. The lowest BCUT2D eigenvalue weighted by molar-refractivity contribution is 0.102. The Hall–Kier alpha value is -0.990. The maximum absolute atomic E-state index is 12.6. The molecule has 0 heterocycles. The van der Waals surface area contributed by atoms with E-state index in [0.717, 1.165) is 47.3 Å². The van der Waals surface area contributed by atoms with E-state index in [9.17, 15) is 4.79 Å². The maximum Gasteiger partial charge on any atom is 0.190 e. The number of hydrogen-bond acceptors (Lipinski definition) is 2. The molecule has 0 saturated heterocycles. The van der Waals surface area contributed by atoms with E-state index in [1.807, 2.05) is 6.07 Å². The minimum absolute atomic E-state index is 0.108. The fraction of sp³-hybridized carbons (Fsp3) is 0.375. The van der Waals surface area contributed by atoms with Crippen LogP contribution in [0.2, 0.25) is 5.02 Å². The Morgan fingerprint density at radius 2 is 1.68 bits per heavy atom. The van der Waals surface area contributed by atoms with Crippen molar-refractivity contribution in [3.05, 3.63) is 45.5 Å². The normalized spacial score (nSPS) is 14.9. The molecule has 100 valence electrons. The van der Waals surface area contributed by atoms with Crippen LogP contribution in [0.3, 0.4) is 0 Å². The predicted molar refractivity (Wildman–Crippen MR) is 84.3 cm³/mol. The fourth-order valence-electron chi connectivity index (χ4n) is 2.53. The molecule has 1 aliphatic rings. The molecule has 0 saturated carbocycles. The Labute approximate surface area is 124 Å². The molecule has 0 radical (unpaired) electrons. The number of carbonyl (C=O) groups is 1. The van der Waals surface area contributed by atoms with Crippen molar-refractivity contribution in [2.24, 2.45) is 0 Å². The highest BCUT2D eigenvalue weighted by Gasteiger charge is 2.28. The van der Waals surface area contributed by atoms with Gasteiger partial charge in [-0.1, -0.05) is 56.6 Å². The van der Waals surface area contributed by atoms with Crippen molar-refractivity contribution in [3.63, 3.8) is 0 Å². The van der Waals surface area contributed by atoms with E-state index in [1.54, 1.807) is 12.1 Å². The van der Waals surface area contributed by atoms with Crippen LogP contribution in [0.4, 0.5) is 0 Å². The molecule has 1 aliphatic carbocycles. The zero-order valence-corrected chi connectivity index (χ0v) is 12.8. The van der Waals surface area contributed by atoms with E-state index < -0.39 is 0 Å². The molecule has 1 nitrogen and oxygen atoms in total. The van der Waals surface area contributed by atoms with Gasteiger partial charge in [-0.3, -0.25) is 4.79 Å². The quantitative estimate of drug-likeness (QED) is 0.714. The second kappa shape index (κ2) is 5.98. The first-order chi connectivity index (χ1) is 9.10. The third-order valence-corrected chi connectivity index (χ3v) is 4.08. The number of carbonyl (C=O) groups excluding carboxylic acids is 1. The van der Waals surface area contributed by atoms with Crippen LogP contribution in [0.5, 0.6) is 0 Å². The van der Waals surface area contributed by atoms with Gasteiger partial charge in [-0.25, -0.2) is 0 Å². The molecule has 0 amide bonds. The van der Waals surface area contributed by atoms with Crippen molar-refractivity contribution in [1.82, 2.24) is 0 Å². The molecule has 0 bridgehead atoms. The number of allylic oxidation sites excluding steroid dienone is 2. The van der Waals surface area contributed by atoms with Crippen molar-refractivity contribution in [2.45, 2.75) is 39.5 Å². The second-order valence-corrected chi connectivity index (χ2v) is 5.65. The Balaban J connectivity index is 2.58. The molecule has 1 aromatic rings. The first kappa shape index (κ1) is 14.4. The molecule has 0 fully saturated rings. The average Bonchev–Trinajstić information content (AvgIpc) is 2.40. The molecule has 2 rings (SSSR count). The lowest BCUT2D eigenvalue weighted by Crippen LogP contribution is -2.21. The van der Waals surface area contributed by atoms with Crippen molar-refractivity contribution in [1.29, 1.82) is 0 Å². The zero-order chi connectivity index (χ0) is 14.0. The number of fused-ring (bicyclic) bond motifs is 1. The summed E-state index contributed by atoms with van der Waals surface area (Å²) in [6, 6.07) is 5.41. The molecule has 0 aliphatic heterocycles. The summed E-state index contributed by atoms with van der Waals surface area (Å²) in [5, 5.41) is 0.588. The molecule has 0 N–H and O–H groups in total. The molecule has 0 spiro atoms. The van der Waals surface area contributed by atoms with Crippen molar-refractivity contribution >= 4 is 34.5 Å². The summed E-state index contributed by atoms with van der Waals surface area (Å²) in [4.78, 5) is 13.4. The highest BCUT2D eigenvalue weighted by Crippen LogP contribution is 2.33. The van der Waals surface area contributed by atoms with Gasteiger partial charge in [0.25, 0.3) is 0 Å². The molecular weight excluding hydrogens is 276 g/mol. The number of thiocarbonyl (C=S) groups is 1. The Kier molecular flexibility index (Phi) is 4.54. The SMILES string of the molecule is CCCC1=C(CCC)C(=S)c2ccc(Cl)cc2C1=O. The smallest absolute Gasteiger partial charge is 0.190 e. The van der Waals surface area contributed by atoms with E-state index in [-0.39, 0.29) is 5.78 Å². The van der Waals surface area contributed by atoms with E-state index in [4.69, 9.17) is 23.8 Å². The van der Waals surface area contributed by atoms with Gasteiger partial charge in [-0.15, -0.1) is 0 Å². The topological polar surface area (TPSA) is 17.1 Å². The van der Waals surface area contributed by atoms with Gasteiger partial charge in [-0.05, 0) is 30.5 Å². The van der Waals surface area contributed by atoms with Gasteiger partial charge in [0.1, 0.15) is 0 Å².